The van der Waals surface area contributed by atoms with Crippen molar-refractivity contribution in [2.24, 2.45) is 0 Å². The maximum absolute atomic E-state index is 12.5. The number of hydrogen-bond acceptors (Lipinski definition) is 7. The van der Waals surface area contributed by atoms with E-state index < -0.39 is 5.91 Å². The van der Waals surface area contributed by atoms with Gasteiger partial charge in [0.15, 0.2) is 5.88 Å². The molecule has 0 bridgehead atoms. The average Bonchev–Trinajstić information content (AvgIpc) is 3.20. The van der Waals surface area contributed by atoms with Crippen LogP contribution < -0.4 is 16.0 Å². The average molecular weight is 471 g/mol. The molecule has 1 rings (SSSR count). The number of hydrogen-bond donors (Lipinski definition) is 4. The Bertz CT molecular complexity index is 882. The Hall–Kier alpha value is -3.46. The summed E-state index contributed by atoms with van der Waals surface area (Å²) in [6, 6.07) is 3.75. The van der Waals surface area contributed by atoms with Gasteiger partial charge in [-0.15, -0.1) is 12.8 Å². The minimum absolute atomic E-state index is 0.00558. The first-order valence-electron chi connectivity index (χ1n) is 11.3. The molecule has 186 valence electrons. The Morgan fingerprint density at radius 2 is 2.06 bits per heavy atom. The number of nitrogens with one attached hydrogen (secondary N) is 3. The van der Waals surface area contributed by atoms with Gasteiger partial charge in [0, 0.05) is 38.0 Å². The molecule has 1 amide bonds. The molecule has 0 saturated carbocycles. The lowest BCUT2D eigenvalue weighted by Crippen LogP contribution is -2.25. The van der Waals surface area contributed by atoms with Crippen molar-refractivity contribution >= 4 is 17.9 Å². The van der Waals surface area contributed by atoms with Crippen molar-refractivity contribution in [3.8, 4) is 18.9 Å². The van der Waals surface area contributed by atoms with E-state index in [2.05, 4.69) is 41.8 Å². The van der Waals surface area contributed by atoms with Gasteiger partial charge < -0.3 is 30.2 Å². The van der Waals surface area contributed by atoms with Gasteiger partial charge in [0.1, 0.15) is 17.4 Å². The molecule has 8 heteroatoms. The molecule has 0 aliphatic heterocycles. The summed E-state index contributed by atoms with van der Waals surface area (Å²) in [5, 5.41) is 27.2. The first kappa shape index (κ1) is 30.5. The van der Waals surface area contributed by atoms with Crippen LogP contribution in [0, 0.1) is 31.1 Å². The van der Waals surface area contributed by atoms with E-state index >= 15 is 0 Å². The number of nitriles is 1. The second-order valence-corrected chi connectivity index (χ2v) is 7.06. The van der Waals surface area contributed by atoms with Crippen LogP contribution in [0.5, 0.6) is 0 Å². The standard InChI is InChI=1S/C24H36N4O4.C2H2/c1-5-8-19(21(6-2)26-4)9-7-10-28-24(30)20(17-25)16-22-18(3)15-23(32-22)27-11-13-31-14-12-29;1-2/h5,8,15-16,26-27,29H,6-7,9-14H2,1-4H3,(H,28,30);1-2H/b8-5-,20-16+,21-19-;. The summed E-state index contributed by atoms with van der Waals surface area (Å²) >= 11 is 0. The predicted octanol–water partition coefficient (Wildman–Crippen LogP) is 3.52. The Kier molecular flexibility index (Phi) is 17.1. The second-order valence-electron chi connectivity index (χ2n) is 7.06. The Labute approximate surface area is 203 Å². The Balaban J connectivity index is 0.00000529. The number of furan rings is 1. The molecule has 0 aliphatic carbocycles. The van der Waals surface area contributed by atoms with Crippen molar-refractivity contribution in [3.05, 3.63) is 46.4 Å². The van der Waals surface area contributed by atoms with Crippen LogP contribution in [0.4, 0.5) is 5.88 Å². The number of terminal acetylenes is 1. The van der Waals surface area contributed by atoms with Gasteiger partial charge in [-0.2, -0.15) is 5.26 Å². The van der Waals surface area contributed by atoms with Gasteiger partial charge in [0.05, 0.1) is 19.8 Å². The van der Waals surface area contributed by atoms with Crippen LogP contribution >= 0.6 is 0 Å². The number of carbonyl (C=O) groups excluding carboxylic acids is 1. The molecule has 0 fully saturated rings. The number of aliphatic hydroxyl groups is 1. The maximum atomic E-state index is 12.5. The number of carbonyl (C=O) groups is 1. The lowest BCUT2D eigenvalue weighted by molar-refractivity contribution is -0.117. The number of rotatable bonds is 15. The molecular formula is C26H38N4O4. The van der Waals surface area contributed by atoms with Crippen LogP contribution in [0.25, 0.3) is 6.08 Å². The normalized spacial score (nSPS) is 11.8. The number of aryl methyl sites for hydroxylation is 1. The molecule has 0 radical (unpaired) electrons. The predicted molar refractivity (Wildman–Crippen MR) is 137 cm³/mol. The second kappa shape index (κ2) is 19.0. The molecule has 0 aromatic carbocycles. The van der Waals surface area contributed by atoms with Gasteiger partial charge in [-0.25, -0.2) is 0 Å². The lowest BCUT2D eigenvalue weighted by Gasteiger charge is -2.11. The summed E-state index contributed by atoms with van der Waals surface area (Å²) in [4.78, 5) is 12.5. The van der Waals surface area contributed by atoms with E-state index in [9.17, 15) is 10.1 Å². The van der Waals surface area contributed by atoms with E-state index in [1.54, 1.807) is 6.07 Å². The van der Waals surface area contributed by atoms with E-state index in [0.29, 0.717) is 31.3 Å². The van der Waals surface area contributed by atoms with E-state index in [0.717, 1.165) is 24.8 Å². The third kappa shape index (κ3) is 11.4. The Morgan fingerprint density at radius 1 is 1.32 bits per heavy atom. The summed E-state index contributed by atoms with van der Waals surface area (Å²) in [7, 11) is 1.91. The van der Waals surface area contributed by atoms with Gasteiger partial charge in [-0.1, -0.05) is 19.1 Å². The van der Waals surface area contributed by atoms with E-state index in [1.807, 2.05) is 33.0 Å². The van der Waals surface area contributed by atoms with Gasteiger partial charge in [-0.05, 0) is 44.2 Å². The number of amides is 1. The molecule has 0 unspecified atom stereocenters. The molecule has 0 spiro atoms. The van der Waals surface area contributed by atoms with Crippen molar-refractivity contribution < 1.29 is 19.1 Å². The van der Waals surface area contributed by atoms with Gasteiger partial charge in [0.2, 0.25) is 0 Å². The zero-order chi connectivity index (χ0) is 25.8. The number of ether oxygens (including phenoxy) is 1. The molecule has 1 aromatic rings. The maximum Gasteiger partial charge on any atom is 0.262 e. The lowest BCUT2D eigenvalue weighted by atomic mass is 10.1. The summed E-state index contributed by atoms with van der Waals surface area (Å²) in [5.74, 6) is 0.560. The molecule has 0 atom stereocenters. The molecule has 0 aliphatic rings. The van der Waals surface area contributed by atoms with Gasteiger partial charge in [-0.3, -0.25) is 4.79 Å². The zero-order valence-corrected chi connectivity index (χ0v) is 20.7. The third-order valence-electron chi connectivity index (χ3n) is 4.70. The molecular weight excluding hydrogens is 432 g/mol. The SMILES string of the molecule is C#C.C/C=C\C(CCCNC(=O)/C(C#N)=C/c1oc(NCCOCCO)cc1C)=C(/CC)NC. The first-order chi connectivity index (χ1) is 16.5. The van der Waals surface area contributed by atoms with Crippen molar-refractivity contribution in [1.82, 2.24) is 10.6 Å². The monoisotopic (exact) mass is 470 g/mol. The fraction of sp³-hybridized carbons (Fsp3) is 0.462. The van der Waals surface area contributed by atoms with Crippen molar-refractivity contribution in [2.75, 3.05) is 45.3 Å². The minimum atomic E-state index is -0.420. The fourth-order valence-corrected chi connectivity index (χ4v) is 3.10. The molecule has 8 nitrogen and oxygen atoms in total. The van der Waals surface area contributed by atoms with Crippen LogP contribution in [-0.4, -0.2) is 51.0 Å². The van der Waals surface area contributed by atoms with Crippen LogP contribution in [0.1, 0.15) is 44.4 Å². The van der Waals surface area contributed by atoms with Crippen LogP contribution in [0.2, 0.25) is 0 Å². The number of nitrogens with zero attached hydrogens (tertiary/aromatic N) is 1. The third-order valence-corrected chi connectivity index (χ3v) is 4.70. The molecule has 4 N–H and O–H groups in total. The topological polar surface area (TPSA) is 120 Å². The highest BCUT2D eigenvalue weighted by Gasteiger charge is 2.12. The zero-order valence-electron chi connectivity index (χ0n) is 20.7. The summed E-state index contributed by atoms with van der Waals surface area (Å²) in [5.41, 5.74) is 3.21. The van der Waals surface area contributed by atoms with E-state index in [4.69, 9.17) is 14.3 Å². The van der Waals surface area contributed by atoms with Crippen LogP contribution in [0.15, 0.2) is 39.5 Å². The van der Waals surface area contributed by atoms with Gasteiger partial charge in [0.25, 0.3) is 5.91 Å². The van der Waals surface area contributed by atoms with E-state index in [-0.39, 0.29) is 18.8 Å². The summed E-state index contributed by atoms with van der Waals surface area (Å²) in [6.07, 6.45) is 16.1. The summed E-state index contributed by atoms with van der Waals surface area (Å²) < 4.78 is 10.9. The molecule has 34 heavy (non-hydrogen) atoms. The quantitative estimate of drug-likeness (QED) is 0.102. The first-order valence-corrected chi connectivity index (χ1v) is 11.3. The largest absolute Gasteiger partial charge is 0.441 e. The van der Waals surface area contributed by atoms with Crippen molar-refractivity contribution in [1.29, 1.82) is 5.26 Å². The highest BCUT2D eigenvalue weighted by molar-refractivity contribution is 6.01. The van der Waals surface area contributed by atoms with Crippen molar-refractivity contribution in [3.63, 3.8) is 0 Å². The van der Waals surface area contributed by atoms with Crippen LogP contribution in [0.3, 0.4) is 0 Å². The number of allylic oxidation sites excluding steroid dienone is 4. The van der Waals surface area contributed by atoms with E-state index in [1.165, 1.54) is 17.3 Å². The summed E-state index contributed by atoms with van der Waals surface area (Å²) in [6.45, 7) is 7.61. The minimum Gasteiger partial charge on any atom is -0.441 e. The number of anilines is 1. The van der Waals surface area contributed by atoms with Crippen LogP contribution in [-0.2, 0) is 9.53 Å². The highest BCUT2D eigenvalue weighted by Crippen LogP contribution is 2.21. The molecule has 0 saturated heterocycles. The molecule has 1 heterocycles. The molecule has 1 aromatic heterocycles. The highest BCUT2D eigenvalue weighted by atomic mass is 16.5. The van der Waals surface area contributed by atoms with Gasteiger partial charge >= 0.3 is 0 Å². The smallest absolute Gasteiger partial charge is 0.262 e. The number of aliphatic hydroxyl groups excluding tert-OH is 1. The Morgan fingerprint density at radius 3 is 2.65 bits per heavy atom. The fourth-order valence-electron chi connectivity index (χ4n) is 3.10. The van der Waals surface area contributed by atoms with Crippen molar-refractivity contribution in [2.45, 2.75) is 40.0 Å².